The van der Waals surface area contributed by atoms with Gasteiger partial charge in [-0.05, 0) is 35.9 Å². The predicted molar refractivity (Wildman–Crippen MR) is 106 cm³/mol. The minimum absolute atomic E-state index is 0.0396. The number of rotatable bonds is 6. The van der Waals surface area contributed by atoms with Crippen molar-refractivity contribution in [1.82, 2.24) is 10.2 Å². The van der Waals surface area contributed by atoms with E-state index in [0.717, 1.165) is 16.2 Å². The van der Waals surface area contributed by atoms with Crippen LogP contribution in [0, 0.1) is 0 Å². The van der Waals surface area contributed by atoms with E-state index in [2.05, 4.69) is 15.5 Å². The van der Waals surface area contributed by atoms with Crippen LogP contribution >= 0.6 is 0 Å². The molecule has 1 saturated heterocycles. The molecule has 3 aromatic rings. The second-order valence-electron chi connectivity index (χ2n) is 6.65. The lowest BCUT2D eigenvalue weighted by molar-refractivity contribution is -0.121. The summed E-state index contributed by atoms with van der Waals surface area (Å²) < 4.78 is 10.6. The van der Waals surface area contributed by atoms with E-state index < -0.39 is 5.91 Å². The number of carbonyl (C=O) groups excluding carboxylic acids is 3. The summed E-state index contributed by atoms with van der Waals surface area (Å²) in [4.78, 5) is 37.5. The largest absolute Gasteiger partial charge is 0.497 e. The van der Waals surface area contributed by atoms with Crippen LogP contribution in [0.25, 0.3) is 0 Å². The van der Waals surface area contributed by atoms with E-state index in [-0.39, 0.29) is 36.2 Å². The zero-order valence-electron chi connectivity index (χ0n) is 16.1. The number of benzene rings is 2. The average molecular weight is 406 g/mol. The number of amides is 3. The number of methoxy groups -OCH3 is 1. The molecule has 0 radical (unpaired) electrons. The van der Waals surface area contributed by atoms with Gasteiger partial charge in [-0.1, -0.05) is 23.3 Å². The number of nitrogens with one attached hydrogen (secondary N) is 1. The van der Waals surface area contributed by atoms with E-state index in [1.165, 1.54) is 6.07 Å². The summed E-state index contributed by atoms with van der Waals surface area (Å²) in [5, 5.41) is 10.3. The van der Waals surface area contributed by atoms with E-state index in [1.54, 1.807) is 25.3 Å². The summed E-state index contributed by atoms with van der Waals surface area (Å²) >= 11 is 0. The van der Waals surface area contributed by atoms with Gasteiger partial charge in [-0.15, -0.1) is 5.10 Å². The van der Waals surface area contributed by atoms with Gasteiger partial charge in [0.1, 0.15) is 5.75 Å². The molecule has 0 aliphatic carbocycles. The third-order valence-electron chi connectivity index (χ3n) is 4.62. The molecule has 2 aromatic carbocycles. The lowest BCUT2D eigenvalue weighted by Crippen LogP contribution is -2.28. The fourth-order valence-electron chi connectivity index (χ4n) is 3.11. The number of aromatic nitrogens is 2. The highest BCUT2D eigenvalue weighted by molar-refractivity contribution is 6.20. The van der Waals surface area contributed by atoms with Gasteiger partial charge in [0.25, 0.3) is 5.91 Å². The number of imide groups is 1. The van der Waals surface area contributed by atoms with Gasteiger partial charge < -0.3 is 9.15 Å². The molecular formula is C21H18N4O5. The zero-order chi connectivity index (χ0) is 21.1. The normalized spacial score (nSPS) is 13.6. The van der Waals surface area contributed by atoms with Crippen molar-refractivity contribution in [2.45, 2.75) is 19.3 Å². The fourth-order valence-corrected chi connectivity index (χ4v) is 3.11. The maximum Gasteiger partial charge on any atom is 0.322 e. The first-order valence-corrected chi connectivity index (χ1v) is 9.26. The fraction of sp³-hybridized carbons (Fsp3) is 0.190. The van der Waals surface area contributed by atoms with E-state index in [1.807, 2.05) is 24.3 Å². The molecule has 9 nitrogen and oxygen atoms in total. The molecule has 2 heterocycles. The van der Waals surface area contributed by atoms with Crippen LogP contribution in [0.1, 0.15) is 34.7 Å². The zero-order valence-corrected chi connectivity index (χ0v) is 16.1. The second kappa shape index (κ2) is 8.16. The first kappa shape index (κ1) is 19.3. The van der Waals surface area contributed by atoms with Crippen LogP contribution in [0.4, 0.5) is 11.7 Å². The molecule has 0 bridgehead atoms. The molecule has 1 fully saturated rings. The smallest absolute Gasteiger partial charge is 0.322 e. The van der Waals surface area contributed by atoms with Crippen LogP contribution in [-0.2, 0) is 16.0 Å². The molecule has 0 atom stereocenters. The lowest BCUT2D eigenvalue weighted by atomic mass is 10.1. The van der Waals surface area contributed by atoms with Gasteiger partial charge in [0, 0.05) is 18.4 Å². The van der Waals surface area contributed by atoms with E-state index >= 15 is 0 Å². The van der Waals surface area contributed by atoms with Gasteiger partial charge in [-0.2, -0.15) is 0 Å². The minimum Gasteiger partial charge on any atom is -0.497 e. The second-order valence-corrected chi connectivity index (χ2v) is 6.65. The Labute approximate surface area is 171 Å². The number of anilines is 2. The van der Waals surface area contributed by atoms with Crippen molar-refractivity contribution in [3.8, 4) is 5.75 Å². The Morgan fingerprint density at radius 1 is 1.10 bits per heavy atom. The number of hydrogen-bond acceptors (Lipinski definition) is 7. The molecule has 1 aromatic heterocycles. The summed E-state index contributed by atoms with van der Waals surface area (Å²) in [6, 6.07) is 13.6. The Hall–Kier alpha value is -4.01. The Balaban J connectivity index is 1.43. The molecule has 152 valence electrons. The molecule has 3 amide bonds. The summed E-state index contributed by atoms with van der Waals surface area (Å²) in [5.41, 5.74) is 1.57. The van der Waals surface area contributed by atoms with E-state index in [4.69, 9.17) is 9.15 Å². The highest BCUT2D eigenvalue weighted by Crippen LogP contribution is 2.24. The standard InChI is InChI=1S/C21H18N4O5/c1-29-16-7-5-13(6-8-16)11-17-23-24-21(30-17)22-20(28)14-3-2-4-15(12-14)25-18(26)9-10-19(25)27/h2-8,12H,9-11H2,1H3,(H,22,24,28). The molecule has 4 rings (SSSR count). The number of hydrogen-bond donors (Lipinski definition) is 1. The first-order valence-electron chi connectivity index (χ1n) is 9.26. The molecule has 1 aliphatic rings. The van der Waals surface area contributed by atoms with Crippen molar-refractivity contribution >= 4 is 29.4 Å². The summed E-state index contributed by atoms with van der Waals surface area (Å²) in [6.07, 6.45) is 0.754. The average Bonchev–Trinajstić information content (AvgIpc) is 3.34. The number of nitrogens with zero attached hydrogens (tertiary/aromatic N) is 3. The molecule has 30 heavy (non-hydrogen) atoms. The van der Waals surface area contributed by atoms with Crippen molar-refractivity contribution in [3.63, 3.8) is 0 Å². The molecule has 0 spiro atoms. The van der Waals surface area contributed by atoms with Crippen LogP contribution in [0.5, 0.6) is 5.75 Å². The van der Waals surface area contributed by atoms with Crippen LogP contribution in [0.3, 0.4) is 0 Å². The number of carbonyl (C=O) groups is 3. The molecular weight excluding hydrogens is 388 g/mol. The first-order chi connectivity index (χ1) is 14.5. The number of ether oxygens (including phenoxy) is 1. The molecule has 9 heteroatoms. The molecule has 1 aliphatic heterocycles. The van der Waals surface area contributed by atoms with Gasteiger partial charge in [0.2, 0.25) is 17.7 Å². The van der Waals surface area contributed by atoms with E-state index in [9.17, 15) is 14.4 Å². The van der Waals surface area contributed by atoms with Crippen molar-refractivity contribution in [2.24, 2.45) is 0 Å². The maximum absolute atomic E-state index is 12.5. The van der Waals surface area contributed by atoms with Crippen LogP contribution in [-0.4, -0.2) is 35.0 Å². The van der Waals surface area contributed by atoms with Crippen LogP contribution in [0.15, 0.2) is 52.9 Å². The van der Waals surface area contributed by atoms with Crippen molar-refractivity contribution in [2.75, 3.05) is 17.3 Å². The SMILES string of the molecule is COc1ccc(Cc2nnc(NC(=O)c3cccc(N4C(=O)CCC4=O)c3)o2)cc1. The monoisotopic (exact) mass is 406 g/mol. The molecule has 0 saturated carbocycles. The van der Waals surface area contributed by atoms with Gasteiger partial charge in [-0.3, -0.25) is 24.6 Å². The quantitative estimate of drug-likeness (QED) is 0.626. The van der Waals surface area contributed by atoms with Crippen molar-refractivity contribution < 1.29 is 23.5 Å². The van der Waals surface area contributed by atoms with E-state index in [0.29, 0.717) is 18.0 Å². The van der Waals surface area contributed by atoms with Gasteiger partial charge in [0.15, 0.2) is 0 Å². The molecule has 0 unspecified atom stereocenters. The van der Waals surface area contributed by atoms with Crippen LogP contribution < -0.4 is 15.0 Å². The minimum atomic E-state index is -0.490. The van der Waals surface area contributed by atoms with Gasteiger partial charge in [0.05, 0.1) is 19.2 Å². The summed E-state index contributed by atoms with van der Waals surface area (Å²) in [5.74, 6) is 0.0418. The third-order valence-corrected chi connectivity index (χ3v) is 4.62. The lowest BCUT2D eigenvalue weighted by Gasteiger charge is -2.14. The van der Waals surface area contributed by atoms with Crippen LogP contribution in [0.2, 0.25) is 0 Å². The highest BCUT2D eigenvalue weighted by atomic mass is 16.5. The highest BCUT2D eigenvalue weighted by Gasteiger charge is 2.30. The summed E-state index contributed by atoms with van der Waals surface area (Å²) in [7, 11) is 1.60. The van der Waals surface area contributed by atoms with Crippen molar-refractivity contribution in [1.29, 1.82) is 0 Å². The van der Waals surface area contributed by atoms with Gasteiger partial charge >= 0.3 is 6.01 Å². The third kappa shape index (κ3) is 4.04. The Morgan fingerprint density at radius 3 is 2.53 bits per heavy atom. The maximum atomic E-state index is 12.5. The van der Waals surface area contributed by atoms with Crippen molar-refractivity contribution in [3.05, 3.63) is 65.5 Å². The van der Waals surface area contributed by atoms with Gasteiger partial charge in [-0.25, -0.2) is 0 Å². The molecule has 1 N–H and O–H groups in total. The summed E-state index contributed by atoms with van der Waals surface area (Å²) in [6.45, 7) is 0. The Bertz CT molecular complexity index is 1090. The topological polar surface area (TPSA) is 115 Å². The Morgan fingerprint density at radius 2 is 1.83 bits per heavy atom. The Kier molecular flexibility index (Phi) is 5.25. The predicted octanol–water partition coefficient (Wildman–Crippen LogP) is 2.57.